The second-order valence-corrected chi connectivity index (χ2v) is 10.1. The Balaban J connectivity index is 1.85. The third kappa shape index (κ3) is 5.23. The maximum Gasteiger partial charge on any atom is 0.238 e. The van der Waals surface area contributed by atoms with E-state index in [1.165, 1.54) is 6.07 Å². The van der Waals surface area contributed by atoms with Gasteiger partial charge in [0, 0.05) is 12.2 Å². The second-order valence-electron chi connectivity index (χ2n) is 8.16. The Bertz CT molecular complexity index is 1420. The number of rotatable bonds is 8. The normalized spacial score (nSPS) is 15.4. The molecule has 1 atom stereocenters. The molecule has 0 fully saturated rings. The minimum Gasteiger partial charge on any atom is -0.368 e. The van der Waals surface area contributed by atoms with Crippen LogP contribution < -0.4 is 21.1 Å². The highest BCUT2D eigenvalue weighted by atomic mass is 32.2. The summed E-state index contributed by atoms with van der Waals surface area (Å²) < 4.78 is 25.5. The van der Waals surface area contributed by atoms with Crippen molar-refractivity contribution in [2.45, 2.75) is 12.5 Å². The van der Waals surface area contributed by atoms with E-state index in [1.807, 2.05) is 48.5 Å². The Morgan fingerprint density at radius 3 is 2.43 bits per heavy atom. The third-order valence-corrected chi connectivity index (χ3v) is 6.76. The monoisotopic (exact) mass is 491 g/mol. The zero-order chi connectivity index (χ0) is 25.2. The lowest BCUT2D eigenvalue weighted by atomic mass is 9.90. The molecule has 1 heterocycles. The van der Waals surface area contributed by atoms with Gasteiger partial charge in [-0.3, -0.25) is 18.9 Å². The van der Waals surface area contributed by atoms with Crippen LogP contribution in [0, 0.1) is 0 Å². The highest BCUT2D eigenvalue weighted by Gasteiger charge is 2.35. The van der Waals surface area contributed by atoms with E-state index in [0.717, 1.165) is 27.3 Å². The minimum absolute atomic E-state index is 0.213. The van der Waals surface area contributed by atoms with Crippen LogP contribution in [-0.2, 0) is 26.2 Å². The first-order chi connectivity index (χ1) is 16.7. The zero-order valence-corrected chi connectivity index (χ0v) is 19.8. The summed E-state index contributed by atoms with van der Waals surface area (Å²) in [6.07, 6.45) is 0.996. The molecule has 2 amide bonds. The van der Waals surface area contributed by atoms with Gasteiger partial charge in [0.25, 0.3) is 0 Å². The summed E-state index contributed by atoms with van der Waals surface area (Å²) in [6.45, 7) is -0.124. The van der Waals surface area contributed by atoms with Gasteiger partial charge in [0.15, 0.2) is 0 Å². The molecule has 10 heteroatoms. The number of nitrogens with zero attached hydrogens (tertiary/aromatic N) is 2. The molecule has 0 spiro atoms. The number of para-hydroxylation sites is 1. The van der Waals surface area contributed by atoms with Crippen LogP contribution in [0.2, 0.25) is 0 Å². The Kier molecular flexibility index (Phi) is 6.68. The van der Waals surface area contributed by atoms with Gasteiger partial charge in [-0.15, -0.1) is 0 Å². The molecule has 0 saturated heterocycles. The van der Waals surface area contributed by atoms with Gasteiger partial charge in [0.1, 0.15) is 12.5 Å². The molecule has 3 aromatic rings. The fourth-order valence-electron chi connectivity index (χ4n) is 3.99. The number of aliphatic imine (C=N–C) groups is 1. The van der Waals surface area contributed by atoms with Crippen molar-refractivity contribution >= 4 is 44.6 Å². The van der Waals surface area contributed by atoms with E-state index in [1.54, 1.807) is 18.2 Å². The van der Waals surface area contributed by atoms with Gasteiger partial charge in [-0.05, 0) is 41.0 Å². The molecule has 180 valence electrons. The van der Waals surface area contributed by atoms with E-state index in [0.29, 0.717) is 23.6 Å². The molecule has 1 aliphatic heterocycles. The van der Waals surface area contributed by atoms with Gasteiger partial charge in [0.2, 0.25) is 21.8 Å². The number of amides is 2. The summed E-state index contributed by atoms with van der Waals surface area (Å²) in [5.41, 5.74) is 15.3. The molecule has 0 saturated carbocycles. The van der Waals surface area contributed by atoms with Crippen molar-refractivity contribution in [3.05, 3.63) is 89.5 Å². The van der Waals surface area contributed by atoms with Crippen molar-refractivity contribution in [3.8, 4) is 0 Å². The molecule has 1 aliphatic rings. The van der Waals surface area contributed by atoms with Crippen molar-refractivity contribution in [3.63, 3.8) is 0 Å². The van der Waals surface area contributed by atoms with Crippen LogP contribution >= 0.6 is 0 Å². The summed E-state index contributed by atoms with van der Waals surface area (Å²) >= 11 is 0. The van der Waals surface area contributed by atoms with Gasteiger partial charge in [0.05, 0.1) is 23.3 Å². The highest BCUT2D eigenvalue weighted by molar-refractivity contribution is 7.92. The number of carbonyl (C=O) groups is 2. The number of carbonyl (C=O) groups excluding carboxylic acids is 2. The number of sulfonamides is 1. The predicted octanol–water partition coefficient (Wildman–Crippen LogP) is 2.25. The quantitative estimate of drug-likeness (QED) is 0.413. The number of primary amides is 1. The molecule has 0 aromatic heterocycles. The lowest BCUT2D eigenvalue weighted by Gasteiger charge is -2.21. The minimum atomic E-state index is -3.77. The van der Waals surface area contributed by atoms with Crippen molar-refractivity contribution in [1.82, 2.24) is 0 Å². The van der Waals surface area contributed by atoms with Crippen LogP contribution in [0.15, 0.2) is 77.8 Å². The molecular weight excluding hydrogens is 466 g/mol. The molecule has 9 nitrogen and oxygen atoms in total. The van der Waals surface area contributed by atoms with Crippen LogP contribution in [0.4, 0.5) is 17.1 Å². The summed E-state index contributed by atoms with van der Waals surface area (Å²) in [5.74, 6) is -1.67. The highest BCUT2D eigenvalue weighted by Crippen LogP contribution is 2.36. The van der Waals surface area contributed by atoms with Gasteiger partial charge < -0.3 is 16.8 Å². The van der Waals surface area contributed by atoms with Crippen molar-refractivity contribution in [2.75, 3.05) is 22.4 Å². The fourth-order valence-corrected chi connectivity index (χ4v) is 4.84. The third-order valence-electron chi connectivity index (χ3n) is 5.62. The number of anilines is 2. The van der Waals surface area contributed by atoms with Gasteiger partial charge in [-0.25, -0.2) is 8.42 Å². The average molecular weight is 492 g/mol. The first-order valence-corrected chi connectivity index (χ1v) is 12.7. The topological polar surface area (TPSA) is 148 Å². The standard InChI is InChI=1S/C25H25N5O4S/c1-35(33,34)30(15-22(27)31)19-6-4-5-18(13-19)28-24(17-11-9-16(14-26)10-12-17)23-20-7-2-3-8-21(20)29-25(23)32/h2-13,23H,14-15,26H2,1H3,(H2,27,31)(H,29,32). The number of hydrogen-bond acceptors (Lipinski definition) is 6. The fraction of sp³-hybridized carbons (Fsp3) is 0.160. The zero-order valence-electron chi connectivity index (χ0n) is 19.0. The van der Waals surface area contributed by atoms with E-state index >= 15 is 0 Å². The van der Waals surface area contributed by atoms with Crippen molar-refractivity contribution in [2.24, 2.45) is 16.5 Å². The Morgan fingerprint density at radius 1 is 1.06 bits per heavy atom. The maximum absolute atomic E-state index is 13.0. The number of nitrogens with one attached hydrogen (secondary N) is 1. The number of nitrogens with two attached hydrogens (primary N) is 2. The van der Waals surface area contributed by atoms with E-state index in [-0.39, 0.29) is 11.6 Å². The van der Waals surface area contributed by atoms with Crippen LogP contribution in [0.3, 0.4) is 0 Å². The average Bonchev–Trinajstić information content (AvgIpc) is 3.16. The van der Waals surface area contributed by atoms with Crippen molar-refractivity contribution in [1.29, 1.82) is 0 Å². The maximum atomic E-state index is 13.0. The number of fused-ring (bicyclic) bond motifs is 1. The molecule has 35 heavy (non-hydrogen) atoms. The summed E-state index contributed by atoms with van der Waals surface area (Å²) in [6, 6.07) is 21.3. The Hall–Kier alpha value is -4.02. The van der Waals surface area contributed by atoms with Gasteiger partial charge >= 0.3 is 0 Å². The molecule has 5 N–H and O–H groups in total. The number of hydrogen-bond donors (Lipinski definition) is 3. The lowest BCUT2D eigenvalue weighted by molar-refractivity contribution is -0.117. The predicted molar refractivity (Wildman–Crippen MR) is 136 cm³/mol. The van der Waals surface area contributed by atoms with Crippen LogP contribution in [0.1, 0.15) is 22.6 Å². The smallest absolute Gasteiger partial charge is 0.238 e. The Labute approximate surface area is 203 Å². The largest absolute Gasteiger partial charge is 0.368 e. The first kappa shape index (κ1) is 24.1. The molecule has 0 aliphatic carbocycles. The summed E-state index contributed by atoms with van der Waals surface area (Å²) in [7, 11) is -3.77. The van der Waals surface area contributed by atoms with Crippen LogP contribution in [-0.4, -0.2) is 38.7 Å². The summed E-state index contributed by atoms with van der Waals surface area (Å²) in [4.78, 5) is 29.3. The SMILES string of the molecule is CS(=O)(=O)N(CC(N)=O)c1cccc(N=C(c2ccc(CN)cc2)C2C(=O)Nc3ccccc32)c1. The van der Waals surface area contributed by atoms with E-state index in [4.69, 9.17) is 16.5 Å². The van der Waals surface area contributed by atoms with Crippen LogP contribution in [0.25, 0.3) is 0 Å². The van der Waals surface area contributed by atoms with Crippen LogP contribution in [0.5, 0.6) is 0 Å². The van der Waals surface area contributed by atoms with E-state index in [9.17, 15) is 18.0 Å². The van der Waals surface area contributed by atoms with E-state index < -0.39 is 28.4 Å². The Morgan fingerprint density at radius 2 is 1.77 bits per heavy atom. The molecule has 4 rings (SSSR count). The summed E-state index contributed by atoms with van der Waals surface area (Å²) in [5, 5.41) is 2.90. The van der Waals surface area contributed by atoms with E-state index in [2.05, 4.69) is 5.32 Å². The van der Waals surface area contributed by atoms with Gasteiger partial charge in [-0.2, -0.15) is 0 Å². The molecule has 1 unspecified atom stereocenters. The number of benzene rings is 3. The van der Waals surface area contributed by atoms with Gasteiger partial charge in [-0.1, -0.05) is 48.5 Å². The lowest BCUT2D eigenvalue weighted by Crippen LogP contribution is -2.37. The molecule has 3 aromatic carbocycles. The second kappa shape index (κ2) is 9.69. The van der Waals surface area contributed by atoms with Crippen molar-refractivity contribution < 1.29 is 18.0 Å². The molecular formula is C25H25N5O4S. The first-order valence-electron chi connectivity index (χ1n) is 10.8. The molecule has 0 radical (unpaired) electrons. The molecule has 0 bridgehead atoms.